The van der Waals surface area contributed by atoms with Gasteiger partial charge in [-0.05, 0) is 116 Å². The summed E-state index contributed by atoms with van der Waals surface area (Å²) in [6.07, 6.45) is 14.2. The highest BCUT2D eigenvalue weighted by molar-refractivity contribution is 5.82. The van der Waals surface area contributed by atoms with E-state index in [4.69, 9.17) is 15.6 Å². The number of amides is 1. The molecule has 0 radical (unpaired) electrons. The first-order valence-corrected chi connectivity index (χ1v) is 16.8. The minimum Gasteiger partial charge on any atom is -0.481 e. The highest BCUT2D eigenvalue weighted by Gasteiger charge is 2.69. The number of carboxylic acid groups (broad SMARTS) is 1. The molecule has 0 heterocycles. The van der Waals surface area contributed by atoms with E-state index in [1.165, 1.54) is 0 Å². The highest BCUT2D eigenvalue weighted by atomic mass is 16.5. The van der Waals surface area contributed by atoms with Crippen molar-refractivity contribution in [2.75, 3.05) is 0 Å². The Bertz CT molecular complexity index is 1160. The summed E-state index contributed by atoms with van der Waals surface area (Å²) in [5.74, 6) is 0.176. The number of carbonyl (C=O) groups excluding carboxylic acids is 2. The lowest BCUT2D eigenvalue weighted by Gasteiger charge is -2.71. The van der Waals surface area contributed by atoms with Crippen LogP contribution in [-0.4, -0.2) is 29.1 Å². The molecular weight excluding hydrogens is 526 g/mol. The van der Waals surface area contributed by atoms with Gasteiger partial charge in [0.05, 0.1) is 5.41 Å². The van der Waals surface area contributed by atoms with Gasteiger partial charge in [0.2, 0.25) is 5.91 Å². The fourth-order valence-corrected chi connectivity index (χ4v) is 11.6. The Labute approximate surface area is 254 Å². The van der Waals surface area contributed by atoms with E-state index < -0.39 is 5.97 Å². The Hall–Kier alpha value is -1.85. The molecule has 0 spiro atoms. The largest absolute Gasteiger partial charge is 0.481 e. The maximum atomic E-state index is 13.1. The lowest BCUT2D eigenvalue weighted by Crippen LogP contribution is -2.65. The minimum absolute atomic E-state index is 0.0599. The van der Waals surface area contributed by atoms with E-state index in [-0.39, 0.29) is 62.8 Å². The summed E-state index contributed by atoms with van der Waals surface area (Å²) in [6.45, 7) is 17.0. The molecule has 6 nitrogen and oxygen atoms in total. The molecule has 0 aromatic carbocycles. The van der Waals surface area contributed by atoms with Gasteiger partial charge >= 0.3 is 11.9 Å². The van der Waals surface area contributed by atoms with E-state index in [0.29, 0.717) is 31.1 Å². The van der Waals surface area contributed by atoms with Crippen LogP contribution in [0.4, 0.5) is 0 Å². The second-order valence-electron chi connectivity index (χ2n) is 17.2. The van der Waals surface area contributed by atoms with Gasteiger partial charge in [-0.1, -0.05) is 60.1 Å². The highest BCUT2D eigenvalue weighted by Crippen LogP contribution is 2.75. The van der Waals surface area contributed by atoms with E-state index in [0.717, 1.165) is 64.2 Å². The summed E-state index contributed by atoms with van der Waals surface area (Å²) in [4.78, 5) is 36.7. The van der Waals surface area contributed by atoms with Crippen LogP contribution in [0.2, 0.25) is 0 Å². The number of carbonyl (C=O) groups is 3. The van der Waals surface area contributed by atoms with Crippen LogP contribution in [0, 0.1) is 50.2 Å². The molecule has 5 aliphatic carbocycles. The zero-order chi connectivity index (χ0) is 30.9. The van der Waals surface area contributed by atoms with Gasteiger partial charge in [-0.25, -0.2) is 0 Å². The SMILES string of the molecule is CC1(C)CC[C@]2(C(N)=O)CC[C@]3(C)C(=CCC4[C@@]5(C)CC[C@H](OC(=O)CCCCC(=O)O)C(C)(C)C5CC[C@]43C)[C@@H]2C1. The summed E-state index contributed by atoms with van der Waals surface area (Å²) in [6, 6.07) is 0. The van der Waals surface area contributed by atoms with E-state index >= 15 is 0 Å². The molecule has 4 saturated carbocycles. The summed E-state index contributed by atoms with van der Waals surface area (Å²) in [5.41, 5.74) is 7.85. The number of unbranched alkanes of at least 4 members (excludes halogenated alkanes) is 1. The first-order chi connectivity index (χ1) is 19.4. The number of primary amides is 1. The number of ether oxygens (including phenoxy) is 1. The van der Waals surface area contributed by atoms with Crippen molar-refractivity contribution in [1.29, 1.82) is 0 Å². The topological polar surface area (TPSA) is 107 Å². The van der Waals surface area contributed by atoms with Crippen molar-refractivity contribution in [3.05, 3.63) is 11.6 Å². The summed E-state index contributed by atoms with van der Waals surface area (Å²) in [7, 11) is 0. The fraction of sp³-hybridized carbons (Fsp3) is 0.861. The van der Waals surface area contributed by atoms with Crippen LogP contribution >= 0.6 is 0 Å². The molecule has 0 saturated heterocycles. The van der Waals surface area contributed by atoms with Crippen LogP contribution in [0.1, 0.15) is 138 Å². The number of hydrogen-bond acceptors (Lipinski definition) is 4. The zero-order valence-corrected chi connectivity index (χ0v) is 27.4. The van der Waals surface area contributed by atoms with E-state index in [2.05, 4.69) is 54.5 Å². The Morgan fingerprint density at radius 1 is 0.881 bits per heavy atom. The normalized spacial score (nSPS) is 43.5. The molecule has 5 aliphatic rings. The van der Waals surface area contributed by atoms with Crippen LogP contribution in [0.5, 0.6) is 0 Å². The average molecular weight is 584 g/mol. The van der Waals surface area contributed by atoms with Crippen molar-refractivity contribution in [3.8, 4) is 0 Å². The third kappa shape index (κ3) is 4.67. The van der Waals surface area contributed by atoms with Crippen molar-refractivity contribution in [2.24, 2.45) is 56.0 Å². The first-order valence-electron chi connectivity index (χ1n) is 16.8. The number of nitrogens with two attached hydrogens (primary N) is 1. The molecule has 236 valence electrons. The Kier molecular flexibility index (Phi) is 7.79. The van der Waals surface area contributed by atoms with Crippen molar-refractivity contribution in [1.82, 2.24) is 0 Å². The van der Waals surface area contributed by atoms with Crippen LogP contribution < -0.4 is 5.73 Å². The molecule has 42 heavy (non-hydrogen) atoms. The molecule has 6 heteroatoms. The third-order valence-electron chi connectivity index (χ3n) is 14.4. The smallest absolute Gasteiger partial charge is 0.306 e. The van der Waals surface area contributed by atoms with E-state index in [9.17, 15) is 14.4 Å². The molecule has 8 atom stereocenters. The summed E-state index contributed by atoms with van der Waals surface area (Å²) >= 11 is 0. The third-order valence-corrected chi connectivity index (χ3v) is 14.4. The van der Waals surface area contributed by atoms with Crippen LogP contribution in [-0.2, 0) is 19.1 Å². The van der Waals surface area contributed by atoms with E-state index in [1.807, 2.05) is 0 Å². The molecule has 0 aromatic heterocycles. The Morgan fingerprint density at radius 2 is 1.55 bits per heavy atom. The lowest BCUT2D eigenvalue weighted by atomic mass is 9.33. The Morgan fingerprint density at radius 3 is 2.21 bits per heavy atom. The predicted molar refractivity (Wildman–Crippen MR) is 164 cm³/mol. The number of aliphatic carboxylic acids is 1. The van der Waals surface area contributed by atoms with Gasteiger partial charge in [0.25, 0.3) is 0 Å². The van der Waals surface area contributed by atoms with Gasteiger partial charge in [0.1, 0.15) is 6.10 Å². The maximum absolute atomic E-state index is 13.1. The van der Waals surface area contributed by atoms with Gasteiger partial charge in [0.15, 0.2) is 0 Å². The van der Waals surface area contributed by atoms with Gasteiger partial charge in [-0.3, -0.25) is 14.4 Å². The Balaban J connectivity index is 1.39. The summed E-state index contributed by atoms with van der Waals surface area (Å²) < 4.78 is 6.14. The number of esters is 1. The molecule has 2 unspecified atom stereocenters. The monoisotopic (exact) mass is 583 g/mol. The van der Waals surface area contributed by atoms with Gasteiger partial charge < -0.3 is 15.6 Å². The lowest BCUT2D eigenvalue weighted by molar-refractivity contribution is -0.212. The fourth-order valence-electron chi connectivity index (χ4n) is 11.6. The quantitative estimate of drug-likeness (QED) is 0.180. The molecule has 0 aromatic rings. The maximum Gasteiger partial charge on any atom is 0.306 e. The van der Waals surface area contributed by atoms with Crippen molar-refractivity contribution in [2.45, 2.75) is 144 Å². The average Bonchev–Trinajstić information content (AvgIpc) is 2.88. The molecule has 0 aliphatic heterocycles. The molecule has 0 bridgehead atoms. The predicted octanol–water partition coefficient (Wildman–Crippen LogP) is 7.83. The number of hydrogen-bond donors (Lipinski definition) is 2. The van der Waals surface area contributed by atoms with Crippen molar-refractivity contribution < 1.29 is 24.2 Å². The van der Waals surface area contributed by atoms with Crippen LogP contribution in [0.15, 0.2) is 11.6 Å². The number of carboxylic acids is 1. The minimum atomic E-state index is -0.818. The van der Waals surface area contributed by atoms with Gasteiger partial charge in [-0.2, -0.15) is 0 Å². The first kappa shape index (κ1) is 31.6. The van der Waals surface area contributed by atoms with Gasteiger partial charge in [0, 0.05) is 18.3 Å². The number of fused-ring (bicyclic) bond motifs is 7. The van der Waals surface area contributed by atoms with Crippen LogP contribution in [0.25, 0.3) is 0 Å². The number of rotatable bonds is 7. The van der Waals surface area contributed by atoms with Crippen molar-refractivity contribution >= 4 is 17.8 Å². The van der Waals surface area contributed by atoms with Gasteiger partial charge in [-0.15, -0.1) is 0 Å². The van der Waals surface area contributed by atoms with Crippen molar-refractivity contribution in [3.63, 3.8) is 0 Å². The molecular formula is C36H57NO5. The standard InChI is InChI=1S/C36H57NO5/c1-31(2)18-20-36(30(37)41)21-19-34(6)23(24(36)22-31)12-13-26-33(5)16-15-27(42-29(40)11-9-8-10-28(38)39)32(3,4)25(33)14-17-35(26,34)7/h12,24-27H,8-11,13-22H2,1-7H3,(H2,37,41)(H,38,39)/t24-,25?,26?,27-,33-,34+,35+,36-/m0/s1. The zero-order valence-electron chi connectivity index (χ0n) is 27.4. The second-order valence-corrected chi connectivity index (χ2v) is 17.2. The number of allylic oxidation sites excluding steroid dienone is 2. The molecule has 1 amide bonds. The second kappa shape index (κ2) is 10.4. The molecule has 4 fully saturated rings. The van der Waals surface area contributed by atoms with E-state index in [1.54, 1.807) is 5.57 Å². The molecule has 5 rings (SSSR count). The molecule has 3 N–H and O–H groups in total. The van der Waals surface area contributed by atoms with Crippen LogP contribution in [0.3, 0.4) is 0 Å². The summed E-state index contributed by atoms with van der Waals surface area (Å²) in [5, 5.41) is 8.89.